The number of hydrogen-bond acceptors (Lipinski definition) is 10. The molecule has 1 heterocycles. The lowest BCUT2D eigenvalue weighted by Crippen LogP contribution is -2.77. The fourth-order valence-electron chi connectivity index (χ4n) is 6.69. The lowest BCUT2D eigenvalue weighted by Gasteiger charge is -2.58. The van der Waals surface area contributed by atoms with Crippen LogP contribution in [0.25, 0.3) is 0 Å². The number of aromatic hydroxyl groups is 1. The number of amides is 1. The van der Waals surface area contributed by atoms with Gasteiger partial charge < -0.3 is 31.1 Å². The van der Waals surface area contributed by atoms with Gasteiger partial charge >= 0.3 is 0 Å². The van der Waals surface area contributed by atoms with E-state index in [9.17, 15) is 30.0 Å². The van der Waals surface area contributed by atoms with E-state index in [0.717, 1.165) is 5.69 Å². The van der Waals surface area contributed by atoms with Crippen molar-refractivity contribution >= 4 is 23.1 Å². The molecule has 182 valence electrons. The molecule has 1 aromatic carbocycles. The first-order valence-corrected chi connectivity index (χ1v) is 11.1. The van der Waals surface area contributed by atoms with Gasteiger partial charge in [0.15, 0.2) is 17.1 Å². The maximum atomic E-state index is 13.8. The summed E-state index contributed by atoms with van der Waals surface area (Å²) in [6.07, 6.45) is 0.601. The van der Waals surface area contributed by atoms with Gasteiger partial charge in [0.2, 0.25) is 0 Å². The molecule has 11 heteroatoms. The molecule has 4 aliphatic rings. The normalized spacial score (nSPS) is 35.9. The molecule has 1 aliphatic heterocycles. The van der Waals surface area contributed by atoms with Crippen LogP contribution < -0.4 is 16.1 Å². The van der Waals surface area contributed by atoms with Crippen LogP contribution in [0.5, 0.6) is 5.75 Å². The first-order chi connectivity index (χ1) is 15.9. The largest absolute Gasteiger partial charge is 0.510 e. The average molecular weight is 472 g/mol. The van der Waals surface area contributed by atoms with Gasteiger partial charge in [-0.2, -0.15) is 5.10 Å². The van der Waals surface area contributed by atoms with Gasteiger partial charge in [-0.1, -0.05) is 0 Å². The highest BCUT2D eigenvalue weighted by Crippen LogP contribution is 2.58. The summed E-state index contributed by atoms with van der Waals surface area (Å²) < 4.78 is 0. The van der Waals surface area contributed by atoms with E-state index in [2.05, 4.69) is 10.5 Å². The van der Waals surface area contributed by atoms with Crippen molar-refractivity contribution in [1.29, 1.82) is 0 Å². The Morgan fingerprint density at radius 2 is 1.88 bits per heavy atom. The van der Waals surface area contributed by atoms with E-state index in [0.29, 0.717) is 12.0 Å². The van der Waals surface area contributed by atoms with E-state index >= 15 is 0 Å². The van der Waals surface area contributed by atoms with Crippen molar-refractivity contribution in [3.05, 3.63) is 34.6 Å². The number of Topliss-reactive ketones (excluding diaryl/α,β-unsaturated/α-hetero) is 1. The third kappa shape index (κ3) is 2.49. The molecule has 1 saturated carbocycles. The lowest BCUT2D eigenvalue weighted by molar-refractivity contribution is -0.215. The van der Waals surface area contributed by atoms with Gasteiger partial charge in [-0.25, -0.2) is 0 Å². The Morgan fingerprint density at radius 3 is 2.47 bits per heavy atom. The Hall–Kier alpha value is -3.15. The number of carbonyl (C=O) groups excluding carboxylic acids is 2. The molecule has 6 atom stereocenters. The maximum absolute atomic E-state index is 13.8. The van der Waals surface area contributed by atoms with E-state index in [4.69, 9.17) is 5.73 Å². The minimum Gasteiger partial charge on any atom is -0.510 e. The minimum atomic E-state index is -2.28. The van der Waals surface area contributed by atoms with Crippen molar-refractivity contribution < 1.29 is 30.0 Å². The second kappa shape index (κ2) is 6.94. The quantitative estimate of drug-likeness (QED) is 0.326. The number of hydrazone groups is 1. The number of phenols is 1. The predicted octanol–water partition coefficient (Wildman–Crippen LogP) is -0.931. The summed E-state index contributed by atoms with van der Waals surface area (Å²) >= 11 is 0. The number of aliphatic hydroxyl groups is 3. The molecule has 0 bridgehead atoms. The van der Waals surface area contributed by atoms with Crippen LogP contribution in [0.1, 0.15) is 22.3 Å². The number of nitrogens with two attached hydrogens (primary N) is 1. The predicted molar refractivity (Wildman–Crippen MR) is 122 cm³/mol. The highest BCUT2D eigenvalue weighted by atomic mass is 16.4. The molecule has 1 amide bonds. The zero-order chi connectivity index (χ0) is 24.9. The summed E-state index contributed by atoms with van der Waals surface area (Å²) in [7, 11) is 7.04. The van der Waals surface area contributed by atoms with Gasteiger partial charge in [0, 0.05) is 25.7 Å². The number of likely N-dealkylation sites (N-methyl/N-ethyl adjacent to an activating group) is 1. The molecule has 1 fully saturated rings. The number of carbonyl (C=O) groups is 2. The zero-order valence-corrected chi connectivity index (χ0v) is 19.4. The molecule has 1 aromatic rings. The topological polar surface area (TPSA) is 172 Å². The number of ketones is 1. The maximum Gasteiger partial charge on any atom is 0.254 e. The highest BCUT2D eigenvalue weighted by molar-refractivity contribution is 6.26. The molecule has 0 radical (unpaired) electrons. The number of rotatable bonds is 3. The van der Waals surface area contributed by atoms with Crippen LogP contribution in [-0.4, -0.2) is 88.3 Å². The van der Waals surface area contributed by atoms with Crippen LogP contribution in [0.4, 0.5) is 5.69 Å². The van der Waals surface area contributed by atoms with E-state index in [-0.39, 0.29) is 34.8 Å². The van der Waals surface area contributed by atoms with Gasteiger partial charge in [-0.15, -0.1) is 0 Å². The number of primary amides is 1. The molecule has 3 aliphatic carbocycles. The highest BCUT2D eigenvalue weighted by Gasteiger charge is 2.75. The number of anilines is 1. The minimum absolute atomic E-state index is 0.103. The molecular weight excluding hydrogens is 442 g/mol. The van der Waals surface area contributed by atoms with Crippen molar-refractivity contribution in [1.82, 2.24) is 10.3 Å². The molecular formula is C23H29N5O6. The molecule has 0 saturated heterocycles. The van der Waals surface area contributed by atoms with Crippen LogP contribution in [-0.2, 0) is 11.2 Å². The summed E-state index contributed by atoms with van der Waals surface area (Å²) in [4.78, 5) is 29.6. The summed E-state index contributed by atoms with van der Waals surface area (Å²) in [5, 5.41) is 49.7. The van der Waals surface area contributed by atoms with Crippen LogP contribution in [0.3, 0.4) is 0 Å². The van der Waals surface area contributed by atoms with Crippen LogP contribution in [0.2, 0.25) is 0 Å². The molecule has 2 unspecified atom stereocenters. The SMILES string of the molecule is CN(C)c1ccc(O)c2c1C[C@H]1C[C@H]3[C@H](N(C)C)C(O)=C(C(N)=O)C4=NNC(O)(C1C2=O)[C@]43O. The molecule has 0 spiro atoms. The van der Waals surface area contributed by atoms with Gasteiger partial charge in [-0.3, -0.25) is 19.9 Å². The molecule has 11 nitrogen and oxygen atoms in total. The second-order valence-electron chi connectivity index (χ2n) is 10.1. The van der Waals surface area contributed by atoms with Gasteiger partial charge in [0.1, 0.15) is 22.8 Å². The van der Waals surface area contributed by atoms with Crippen LogP contribution in [0, 0.1) is 17.8 Å². The first-order valence-electron chi connectivity index (χ1n) is 11.1. The van der Waals surface area contributed by atoms with E-state index in [1.54, 1.807) is 25.1 Å². The lowest BCUT2D eigenvalue weighted by atomic mass is 9.51. The number of phenolic OH excluding ortho intramolecular Hbond substituents is 1. The number of nitrogens with one attached hydrogen (secondary N) is 1. The summed E-state index contributed by atoms with van der Waals surface area (Å²) in [5.74, 6) is -4.47. The number of benzene rings is 1. The Morgan fingerprint density at radius 1 is 1.21 bits per heavy atom. The standard InChI is InChI=1S/C23H29N5O6/c1-27(2)12-5-6-13(29)14-10(12)7-9-8-11-17(28(3)4)19(31)15(21(24)32)20-22(11,33)23(34,26-25-20)16(9)18(14)30/h5-6,9,11,16-17,26,29,31,33-34H,7-8H2,1-4H3,(H2,24,32)/t9-,11-,16?,17-,22+,23?/m0/s1. The number of aliphatic hydroxyl groups excluding tert-OH is 1. The fraction of sp³-hybridized carbons (Fsp3) is 0.522. The van der Waals surface area contributed by atoms with Gasteiger partial charge in [0.25, 0.3) is 5.91 Å². The van der Waals surface area contributed by atoms with Gasteiger partial charge in [0.05, 0.1) is 17.5 Å². The summed E-state index contributed by atoms with van der Waals surface area (Å²) in [5.41, 5.74) is 4.51. The van der Waals surface area contributed by atoms with Crippen molar-refractivity contribution in [3.63, 3.8) is 0 Å². The van der Waals surface area contributed by atoms with Crippen molar-refractivity contribution in [3.8, 4) is 5.75 Å². The van der Waals surface area contributed by atoms with Crippen molar-refractivity contribution in [2.75, 3.05) is 33.1 Å². The third-order valence-corrected chi connectivity index (χ3v) is 8.00. The molecule has 7 N–H and O–H groups in total. The van der Waals surface area contributed by atoms with Crippen LogP contribution in [0.15, 0.2) is 28.6 Å². The van der Waals surface area contributed by atoms with E-state index in [1.165, 1.54) is 6.07 Å². The summed E-state index contributed by atoms with van der Waals surface area (Å²) in [6, 6.07) is 2.32. The Kier molecular flexibility index (Phi) is 4.62. The molecule has 34 heavy (non-hydrogen) atoms. The van der Waals surface area contributed by atoms with Gasteiger partial charge in [-0.05, 0) is 50.6 Å². The second-order valence-corrected chi connectivity index (χ2v) is 10.1. The van der Waals surface area contributed by atoms with Crippen molar-refractivity contribution in [2.45, 2.75) is 30.2 Å². The number of nitrogens with zero attached hydrogens (tertiary/aromatic N) is 3. The van der Waals surface area contributed by atoms with Crippen molar-refractivity contribution in [2.24, 2.45) is 28.6 Å². The third-order valence-electron chi connectivity index (χ3n) is 8.00. The smallest absolute Gasteiger partial charge is 0.254 e. The monoisotopic (exact) mass is 471 g/mol. The first kappa shape index (κ1) is 22.6. The Labute approximate surface area is 196 Å². The number of fused-ring (bicyclic) bond motifs is 3. The Bertz CT molecular complexity index is 1190. The van der Waals surface area contributed by atoms with E-state index < -0.39 is 46.8 Å². The summed E-state index contributed by atoms with van der Waals surface area (Å²) in [6.45, 7) is 0. The Balaban J connectivity index is 1.73. The molecule has 5 rings (SSSR count). The average Bonchev–Trinajstić information content (AvgIpc) is 2.99. The van der Waals surface area contributed by atoms with Crippen LogP contribution >= 0.6 is 0 Å². The van der Waals surface area contributed by atoms with E-state index in [1.807, 2.05) is 19.0 Å². The molecule has 0 aromatic heterocycles. The zero-order valence-electron chi connectivity index (χ0n) is 19.4. The fourth-order valence-corrected chi connectivity index (χ4v) is 6.69. The number of hydrogen-bond donors (Lipinski definition) is 6.